The summed E-state index contributed by atoms with van der Waals surface area (Å²) in [5, 5.41) is 14.1. The number of benzene rings is 2. The topological polar surface area (TPSA) is 67.7 Å². The molecule has 142 valence electrons. The molecular formula is C20H17F2N5O. The number of halogens is 2. The first kappa shape index (κ1) is 19.2. The van der Waals surface area contributed by atoms with Gasteiger partial charge >= 0.3 is 0 Å². The van der Waals surface area contributed by atoms with Crippen molar-refractivity contribution >= 4 is 5.69 Å². The third-order valence-electron chi connectivity index (χ3n) is 4.29. The number of hydrogen-bond donors (Lipinski definition) is 1. The average Bonchev–Trinajstić information content (AvgIpc) is 2.67. The molecule has 0 spiro atoms. The summed E-state index contributed by atoms with van der Waals surface area (Å²) in [5.41, 5.74) is 1.04. The normalized spacial score (nSPS) is 12.0. The zero-order valence-electron chi connectivity index (χ0n) is 15.3. The quantitative estimate of drug-likeness (QED) is 0.551. The second-order valence-corrected chi connectivity index (χ2v) is 6.82. The van der Waals surface area contributed by atoms with Crippen LogP contribution in [0.15, 0.2) is 53.7 Å². The third kappa shape index (κ3) is 4.04. The van der Waals surface area contributed by atoms with Gasteiger partial charge in [-0.2, -0.15) is 0 Å². The van der Waals surface area contributed by atoms with Gasteiger partial charge in [0.25, 0.3) is 5.62 Å². The molecule has 0 saturated carbocycles. The summed E-state index contributed by atoms with van der Waals surface area (Å²) in [7, 11) is 0. The molecule has 0 amide bonds. The Labute approximate surface area is 160 Å². The minimum atomic E-state index is -0.627. The fourth-order valence-corrected chi connectivity index (χ4v) is 2.60. The van der Waals surface area contributed by atoms with Crippen LogP contribution in [-0.2, 0) is 5.41 Å². The van der Waals surface area contributed by atoms with Crippen LogP contribution in [0.25, 0.3) is 16.1 Å². The molecule has 2 aromatic carbocycles. The molecule has 1 N–H and O–H groups in total. The minimum absolute atomic E-state index is 0.00792. The highest BCUT2D eigenvalue weighted by molar-refractivity contribution is 5.64. The summed E-state index contributed by atoms with van der Waals surface area (Å²) in [6.45, 7) is 11.1. The van der Waals surface area contributed by atoms with Gasteiger partial charge in [-0.15, -0.1) is 5.10 Å². The molecule has 1 heterocycles. The van der Waals surface area contributed by atoms with Crippen LogP contribution in [0, 0.1) is 18.2 Å². The first-order chi connectivity index (χ1) is 13.3. The van der Waals surface area contributed by atoms with E-state index in [0.29, 0.717) is 10.4 Å². The summed E-state index contributed by atoms with van der Waals surface area (Å²) in [4.78, 5) is 12.0. The van der Waals surface area contributed by atoms with Crippen LogP contribution < -0.4 is 5.62 Å². The van der Waals surface area contributed by atoms with Crippen LogP contribution >= 0.6 is 0 Å². The van der Waals surface area contributed by atoms with Gasteiger partial charge in [0.15, 0.2) is 0 Å². The minimum Gasteiger partial charge on any atom is -0.409 e. The average molecular weight is 381 g/mol. The molecule has 3 rings (SSSR count). The maximum Gasteiger partial charge on any atom is 0.279 e. The molecule has 0 unspecified atom stereocenters. The lowest BCUT2D eigenvalue weighted by Crippen LogP contribution is -2.29. The van der Waals surface area contributed by atoms with Crippen molar-refractivity contribution in [1.29, 1.82) is 0 Å². The van der Waals surface area contributed by atoms with Crippen molar-refractivity contribution in [3.8, 4) is 11.3 Å². The van der Waals surface area contributed by atoms with E-state index in [-0.39, 0.29) is 29.4 Å². The van der Waals surface area contributed by atoms with Gasteiger partial charge in [-0.05, 0) is 35.4 Å². The zero-order chi connectivity index (χ0) is 20.3. The Morgan fingerprint density at radius 2 is 1.89 bits per heavy atom. The van der Waals surface area contributed by atoms with Crippen molar-refractivity contribution in [2.24, 2.45) is 4.99 Å². The standard InChI is InChI=1S/C20H17F2N5O/c1-20(2,14-5-7-15(21)8-6-14)12-25-19-24-11-18(26-27(19)28)13-4-9-16(22)17(10-13)23-3/h4-11,28H,12H2,1-2H3. The summed E-state index contributed by atoms with van der Waals surface area (Å²) in [5.74, 6) is -0.938. The lowest BCUT2D eigenvalue weighted by molar-refractivity contribution is 0.126. The number of hydrogen-bond acceptors (Lipinski definition) is 4. The summed E-state index contributed by atoms with van der Waals surface area (Å²) in [6, 6.07) is 10.1. The van der Waals surface area contributed by atoms with Gasteiger partial charge in [0.1, 0.15) is 17.3 Å². The highest BCUT2D eigenvalue weighted by Gasteiger charge is 2.20. The van der Waals surface area contributed by atoms with Gasteiger partial charge in [0.2, 0.25) is 5.69 Å². The van der Waals surface area contributed by atoms with Gasteiger partial charge in [-0.25, -0.2) is 23.6 Å². The monoisotopic (exact) mass is 381 g/mol. The second kappa shape index (κ2) is 7.56. The van der Waals surface area contributed by atoms with Crippen LogP contribution in [0.3, 0.4) is 0 Å². The molecule has 0 aliphatic rings. The molecule has 28 heavy (non-hydrogen) atoms. The molecular weight excluding hydrogens is 364 g/mol. The van der Waals surface area contributed by atoms with Crippen molar-refractivity contribution in [2.75, 3.05) is 6.54 Å². The Hall–Kier alpha value is -3.60. The van der Waals surface area contributed by atoms with Crippen LogP contribution in [0.5, 0.6) is 0 Å². The Bertz CT molecular complexity index is 1110. The highest BCUT2D eigenvalue weighted by Crippen LogP contribution is 2.25. The predicted octanol–water partition coefficient (Wildman–Crippen LogP) is 3.89. The van der Waals surface area contributed by atoms with E-state index >= 15 is 0 Å². The molecule has 0 aliphatic carbocycles. The molecule has 0 fully saturated rings. The van der Waals surface area contributed by atoms with Gasteiger partial charge < -0.3 is 5.21 Å². The molecule has 0 saturated heterocycles. The van der Waals surface area contributed by atoms with E-state index in [1.165, 1.54) is 30.5 Å². The molecule has 3 aromatic rings. The first-order valence-electron chi connectivity index (χ1n) is 8.40. The Morgan fingerprint density at radius 3 is 2.54 bits per heavy atom. The maximum atomic E-state index is 13.5. The summed E-state index contributed by atoms with van der Waals surface area (Å²) in [6.07, 6.45) is 1.39. The van der Waals surface area contributed by atoms with Crippen LogP contribution in [-0.4, -0.2) is 26.7 Å². The van der Waals surface area contributed by atoms with Crippen LogP contribution in [0.4, 0.5) is 14.5 Å². The van der Waals surface area contributed by atoms with E-state index in [4.69, 9.17) is 6.57 Å². The van der Waals surface area contributed by atoms with Gasteiger partial charge in [-0.3, -0.25) is 0 Å². The molecule has 0 bridgehead atoms. The first-order valence-corrected chi connectivity index (χ1v) is 8.40. The van der Waals surface area contributed by atoms with Crippen molar-refractivity contribution in [2.45, 2.75) is 19.3 Å². The van der Waals surface area contributed by atoms with E-state index in [9.17, 15) is 14.0 Å². The largest absolute Gasteiger partial charge is 0.409 e. The third-order valence-corrected chi connectivity index (χ3v) is 4.29. The Kier molecular flexibility index (Phi) is 5.18. The van der Waals surface area contributed by atoms with E-state index in [2.05, 4.69) is 19.9 Å². The summed E-state index contributed by atoms with van der Waals surface area (Å²) < 4.78 is 26.6. The van der Waals surface area contributed by atoms with Gasteiger partial charge in [0, 0.05) is 5.41 Å². The maximum absolute atomic E-state index is 13.5. The fourth-order valence-electron chi connectivity index (χ4n) is 2.60. The van der Waals surface area contributed by atoms with E-state index in [0.717, 1.165) is 11.6 Å². The zero-order valence-corrected chi connectivity index (χ0v) is 15.3. The van der Waals surface area contributed by atoms with E-state index in [1.807, 2.05) is 13.8 Å². The lowest BCUT2D eigenvalue weighted by Gasteiger charge is -2.22. The molecule has 0 aliphatic heterocycles. The fraction of sp³-hybridized carbons (Fsp3) is 0.200. The van der Waals surface area contributed by atoms with Crippen molar-refractivity contribution in [3.05, 3.63) is 82.9 Å². The van der Waals surface area contributed by atoms with E-state index in [1.54, 1.807) is 12.1 Å². The smallest absolute Gasteiger partial charge is 0.279 e. The number of rotatable bonds is 4. The van der Waals surface area contributed by atoms with Crippen molar-refractivity contribution < 1.29 is 14.0 Å². The molecule has 0 atom stereocenters. The van der Waals surface area contributed by atoms with Crippen LogP contribution in [0.1, 0.15) is 19.4 Å². The summed E-state index contributed by atoms with van der Waals surface area (Å²) >= 11 is 0. The molecule has 8 heteroatoms. The highest BCUT2D eigenvalue weighted by atomic mass is 19.1. The van der Waals surface area contributed by atoms with Gasteiger partial charge in [-0.1, -0.05) is 36.9 Å². The molecule has 6 nitrogen and oxygen atoms in total. The van der Waals surface area contributed by atoms with E-state index < -0.39 is 11.2 Å². The lowest BCUT2D eigenvalue weighted by atomic mass is 9.85. The number of nitrogens with zero attached hydrogens (tertiary/aromatic N) is 5. The molecule has 1 aromatic heterocycles. The van der Waals surface area contributed by atoms with Gasteiger partial charge in [0.05, 0.1) is 19.3 Å². The van der Waals surface area contributed by atoms with Crippen LogP contribution in [0.2, 0.25) is 0 Å². The van der Waals surface area contributed by atoms with Crippen molar-refractivity contribution in [3.63, 3.8) is 0 Å². The Balaban J connectivity index is 1.88. The SMILES string of the molecule is [C-]#[N+]c1cc(-c2cnc(=NCC(C)(C)c3ccc(F)cc3)n(O)n2)ccc1F. The van der Waals surface area contributed by atoms with Crippen molar-refractivity contribution in [1.82, 2.24) is 14.9 Å². The number of aromatic nitrogens is 3. The second-order valence-electron chi connectivity index (χ2n) is 6.82. The Morgan fingerprint density at radius 1 is 1.18 bits per heavy atom. The molecule has 0 radical (unpaired) electrons. The predicted molar refractivity (Wildman–Crippen MR) is 98.7 cm³/mol.